The van der Waals surface area contributed by atoms with E-state index in [2.05, 4.69) is 19.2 Å². The largest absolute Gasteiger partial charge is 0.478 e. The third-order valence-electron chi connectivity index (χ3n) is 5.11. The van der Waals surface area contributed by atoms with Crippen LogP contribution in [-0.2, 0) is 4.79 Å². The van der Waals surface area contributed by atoms with Crippen molar-refractivity contribution in [1.82, 2.24) is 0 Å². The van der Waals surface area contributed by atoms with Gasteiger partial charge in [0, 0.05) is 16.9 Å². The van der Waals surface area contributed by atoms with Gasteiger partial charge in [0.2, 0.25) is 5.91 Å². The average Bonchev–Trinajstić information content (AvgIpc) is 3.06. The van der Waals surface area contributed by atoms with E-state index in [1.165, 1.54) is 23.3 Å². The molecule has 5 heteroatoms. The topological polar surface area (TPSA) is 66.4 Å². The van der Waals surface area contributed by atoms with Crippen molar-refractivity contribution in [3.8, 4) is 11.1 Å². The molecule has 1 heterocycles. The second-order valence-corrected chi connectivity index (χ2v) is 8.14. The summed E-state index contributed by atoms with van der Waals surface area (Å²) in [5.41, 5.74) is 2.93. The normalized spacial score (nSPS) is 15.2. The molecule has 0 aliphatic heterocycles. The van der Waals surface area contributed by atoms with Gasteiger partial charge in [-0.2, -0.15) is 0 Å². The monoisotopic (exact) mass is 371 g/mol. The minimum atomic E-state index is -1.01. The number of hydrogen-bond acceptors (Lipinski definition) is 3. The second kappa shape index (κ2) is 8.04. The molecule has 0 atom stereocenters. The van der Waals surface area contributed by atoms with Gasteiger partial charge in [-0.1, -0.05) is 57.4 Å². The standard InChI is InChI=1S/C21H25NO3S/c1-13(2)14-8-10-15(11-9-14)17-12-26-20(18(17)21(24)25)22-19(23)16-6-4-3-5-7-16/h8-13,16H,3-7H2,1-2H3,(H,22,23)(H,24,25). The number of carboxylic acids is 1. The lowest BCUT2D eigenvalue weighted by molar-refractivity contribution is -0.120. The van der Waals surface area contributed by atoms with E-state index in [0.29, 0.717) is 16.5 Å². The van der Waals surface area contributed by atoms with E-state index in [1.807, 2.05) is 29.6 Å². The fraction of sp³-hybridized carbons (Fsp3) is 0.429. The molecule has 138 valence electrons. The van der Waals surface area contributed by atoms with Crippen LogP contribution in [0.1, 0.15) is 67.8 Å². The smallest absolute Gasteiger partial charge is 0.339 e. The minimum absolute atomic E-state index is 0.00118. The quantitative estimate of drug-likeness (QED) is 0.702. The van der Waals surface area contributed by atoms with Crippen molar-refractivity contribution in [2.45, 2.75) is 51.9 Å². The molecule has 4 nitrogen and oxygen atoms in total. The van der Waals surface area contributed by atoms with Crippen molar-refractivity contribution in [2.24, 2.45) is 5.92 Å². The Morgan fingerprint density at radius 3 is 2.35 bits per heavy atom. The first-order chi connectivity index (χ1) is 12.5. The summed E-state index contributed by atoms with van der Waals surface area (Å²) in [7, 11) is 0. The lowest BCUT2D eigenvalue weighted by atomic mass is 9.88. The Labute approximate surface area is 158 Å². The van der Waals surface area contributed by atoms with Crippen molar-refractivity contribution < 1.29 is 14.7 Å². The van der Waals surface area contributed by atoms with Crippen LogP contribution in [0.4, 0.5) is 5.00 Å². The molecule has 1 aromatic heterocycles. The van der Waals surface area contributed by atoms with Crippen LogP contribution in [0.15, 0.2) is 29.6 Å². The van der Waals surface area contributed by atoms with Gasteiger partial charge in [0.15, 0.2) is 0 Å². The van der Waals surface area contributed by atoms with Gasteiger partial charge in [0.05, 0.1) is 0 Å². The van der Waals surface area contributed by atoms with E-state index in [4.69, 9.17) is 0 Å². The van der Waals surface area contributed by atoms with Crippen molar-refractivity contribution >= 4 is 28.2 Å². The Kier molecular flexibility index (Phi) is 5.77. The van der Waals surface area contributed by atoms with Crippen LogP contribution in [0.3, 0.4) is 0 Å². The highest BCUT2D eigenvalue weighted by Gasteiger charge is 2.25. The highest BCUT2D eigenvalue weighted by Crippen LogP contribution is 2.37. The van der Waals surface area contributed by atoms with Gasteiger partial charge in [-0.3, -0.25) is 4.79 Å². The summed E-state index contributed by atoms with van der Waals surface area (Å²) in [6.07, 6.45) is 5.11. The SMILES string of the molecule is CC(C)c1ccc(-c2csc(NC(=O)C3CCCCC3)c2C(=O)O)cc1. The predicted molar refractivity (Wildman–Crippen MR) is 106 cm³/mol. The number of aromatic carboxylic acids is 1. The summed E-state index contributed by atoms with van der Waals surface area (Å²) in [5, 5.41) is 14.9. The number of carbonyl (C=O) groups is 2. The number of carboxylic acid groups (broad SMARTS) is 1. The zero-order valence-corrected chi connectivity index (χ0v) is 16.1. The zero-order valence-electron chi connectivity index (χ0n) is 15.2. The molecular weight excluding hydrogens is 346 g/mol. The maximum Gasteiger partial charge on any atom is 0.339 e. The van der Waals surface area contributed by atoms with Crippen LogP contribution in [0.5, 0.6) is 0 Å². The van der Waals surface area contributed by atoms with Crippen LogP contribution in [0.25, 0.3) is 11.1 Å². The van der Waals surface area contributed by atoms with Crippen molar-refractivity contribution in [2.75, 3.05) is 5.32 Å². The lowest BCUT2D eigenvalue weighted by Crippen LogP contribution is -2.25. The van der Waals surface area contributed by atoms with Crippen LogP contribution >= 0.6 is 11.3 Å². The highest BCUT2D eigenvalue weighted by molar-refractivity contribution is 7.15. The number of nitrogens with one attached hydrogen (secondary N) is 1. The van der Waals surface area contributed by atoms with Gasteiger partial charge >= 0.3 is 5.97 Å². The van der Waals surface area contributed by atoms with Crippen LogP contribution in [0.2, 0.25) is 0 Å². The molecule has 1 amide bonds. The van der Waals surface area contributed by atoms with E-state index < -0.39 is 5.97 Å². The lowest BCUT2D eigenvalue weighted by Gasteiger charge is -2.20. The van der Waals surface area contributed by atoms with Crippen LogP contribution in [-0.4, -0.2) is 17.0 Å². The Hall–Kier alpha value is -2.14. The molecule has 0 unspecified atom stereocenters. The molecule has 3 rings (SSSR count). The summed E-state index contributed by atoms with van der Waals surface area (Å²) in [6.45, 7) is 4.25. The summed E-state index contributed by atoms with van der Waals surface area (Å²) < 4.78 is 0. The molecule has 0 radical (unpaired) electrons. The highest BCUT2D eigenvalue weighted by atomic mass is 32.1. The molecule has 1 aliphatic carbocycles. The minimum Gasteiger partial charge on any atom is -0.478 e. The fourth-order valence-electron chi connectivity index (χ4n) is 3.50. The maximum absolute atomic E-state index is 12.5. The van der Waals surface area contributed by atoms with Gasteiger partial charge in [0.1, 0.15) is 10.6 Å². The Bertz CT molecular complexity index is 786. The molecule has 1 aromatic carbocycles. The predicted octanol–water partition coefficient (Wildman–Crippen LogP) is 5.76. The number of carbonyl (C=O) groups excluding carboxylic acids is 1. The first-order valence-corrected chi connectivity index (χ1v) is 10.1. The van der Waals surface area contributed by atoms with Gasteiger partial charge in [0.25, 0.3) is 0 Å². The van der Waals surface area contributed by atoms with E-state index in [0.717, 1.165) is 31.2 Å². The number of anilines is 1. The Balaban J connectivity index is 1.86. The van der Waals surface area contributed by atoms with Crippen molar-refractivity contribution in [1.29, 1.82) is 0 Å². The van der Waals surface area contributed by atoms with Crippen molar-refractivity contribution in [3.05, 3.63) is 40.8 Å². The zero-order chi connectivity index (χ0) is 18.7. The van der Waals surface area contributed by atoms with E-state index in [1.54, 1.807) is 0 Å². The Morgan fingerprint density at radius 1 is 1.12 bits per heavy atom. The Morgan fingerprint density at radius 2 is 1.77 bits per heavy atom. The number of thiophene rings is 1. The molecule has 0 spiro atoms. The maximum atomic E-state index is 12.5. The van der Waals surface area contributed by atoms with E-state index in [9.17, 15) is 14.7 Å². The van der Waals surface area contributed by atoms with Gasteiger partial charge in [-0.15, -0.1) is 11.3 Å². The van der Waals surface area contributed by atoms with E-state index >= 15 is 0 Å². The summed E-state index contributed by atoms with van der Waals surface area (Å²) >= 11 is 1.29. The van der Waals surface area contributed by atoms with Crippen molar-refractivity contribution in [3.63, 3.8) is 0 Å². The van der Waals surface area contributed by atoms with Crippen LogP contribution < -0.4 is 5.32 Å². The number of benzene rings is 1. The van der Waals surface area contributed by atoms with Gasteiger partial charge in [-0.25, -0.2) is 4.79 Å². The molecule has 2 aromatic rings. The van der Waals surface area contributed by atoms with Gasteiger partial charge < -0.3 is 10.4 Å². The molecule has 1 aliphatic rings. The second-order valence-electron chi connectivity index (χ2n) is 7.26. The summed E-state index contributed by atoms with van der Waals surface area (Å²) in [6, 6.07) is 7.97. The number of hydrogen-bond donors (Lipinski definition) is 2. The molecule has 0 saturated heterocycles. The fourth-order valence-corrected chi connectivity index (χ4v) is 4.47. The molecule has 2 N–H and O–H groups in total. The first-order valence-electron chi connectivity index (χ1n) is 9.23. The molecule has 1 fully saturated rings. The third-order valence-corrected chi connectivity index (χ3v) is 6.00. The summed E-state index contributed by atoms with van der Waals surface area (Å²) in [4.78, 5) is 24.4. The third kappa shape index (κ3) is 3.98. The molecule has 26 heavy (non-hydrogen) atoms. The van der Waals surface area contributed by atoms with E-state index in [-0.39, 0.29) is 17.4 Å². The number of rotatable bonds is 5. The van der Waals surface area contributed by atoms with Gasteiger partial charge in [-0.05, 0) is 29.9 Å². The number of amides is 1. The average molecular weight is 372 g/mol. The summed E-state index contributed by atoms with van der Waals surface area (Å²) in [5.74, 6) is -0.624. The van der Waals surface area contributed by atoms with Crippen LogP contribution in [0, 0.1) is 5.92 Å². The molecule has 0 bridgehead atoms. The first kappa shape index (κ1) is 18.6. The molecule has 1 saturated carbocycles. The molecular formula is C21H25NO3S.